The third kappa shape index (κ3) is 18.6. The smallest absolute Gasteiger partial charge is 0.577 e. The Bertz CT molecular complexity index is 3660. The number of aromatic nitrogens is 3. The number of unbranched alkanes of at least 4 members (excludes halogenated alkanes) is 2. The zero-order valence-corrected chi connectivity index (χ0v) is 56.1. The molecule has 1 unspecified atom stereocenters. The normalized spacial score (nSPS) is 10.6. The summed E-state index contributed by atoms with van der Waals surface area (Å²) >= 11 is 0. The van der Waals surface area contributed by atoms with E-state index in [2.05, 4.69) is 260 Å². The van der Waals surface area contributed by atoms with E-state index in [1.54, 1.807) is 0 Å². The number of fused-ring (bicyclic) bond motifs is 3. The molecule has 3 aromatic heterocycles. The van der Waals surface area contributed by atoms with Gasteiger partial charge in [-0.1, -0.05) is 169 Å². The van der Waals surface area contributed by atoms with Gasteiger partial charge in [-0.15, -0.1) is 0 Å². The Morgan fingerprint density at radius 2 is 0.773 bits per heavy atom. The van der Waals surface area contributed by atoms with Crippen LogP contribution in [0.25, 0.3) is 44.3 Å². The summed E-state index contributed by atoms with van der Waals surface area (Å²) in [7, 11) is 0. The van der Waals surface area contributed by atoms with Crippen molar-refractivity contribution in [3.63, 3.8) is 0 Å². The molecule has 0 aliphatic carbocycles. The molecule has 0 saturated carbocycles. The van der Waals surface area contributed by atoms with Crippen molar-refractivity contribution in [1.29, 1.82) is 0 Å². The summed E-state index contributed by atoms with van der Waals surface area (Å²) in [4.78, 5) is 34.3. The molecule has 1 radical (unpaired) electrons. The molecule has 3 heterocycles. The van der Waals surface area contributed by atoms with Crippen LogP contribution in [0.4, 0.5) is 34.1 Å². The zero-order valence-electron chi connectivity index (χ0n) is 50.4. The first-order valence-corrected chi connectivity index (χ1v) is 28.9. The Balaban J connectivity index is 0.000000339. The molecule has 1 atom stereocenters. The summed E-state index contributed by atoms with van der Waals surface area (Å²) in [5, 5.41) is 20.4. The number of para-hydroxylation sites is 2. The van der Waals surface area contributed by atoms with Crippen molar-refractivity contribution >= 4 is 77.8 Å². The van der Waals surface area contributed by atoms with Crippen LogP contribution in [0.2, 0.25) is 0 Å². The number of rotatable bonds is 18. The fourth-order valence-corrected chi connectivity index (χ4v) is 10.3. The third-order valence-electron chi connectivity index (χ3n) is 15.1. The maximum absolute atomic E-state index is 10.8. The van der Waals surface area contributed by atoms with Gasteiger partial charge < -0.3 is 34.5 Å². The molecule has 0 fully saturated rings. The monoisotopic (exact) mass is 1250 g/mol. The second-order valence-corrected chi connectivity index (χ2v) is 21.1. The molecule has 11 rings (SSSR count). The van der Waals surface area contributed by atoms with Crippen molar-refractivity contribution in [2.24, 2.45) is 0 Å². The number of carboxylic acids is 2. The maximum atomic E-state index is 10.8. The van der Waals surface area contributed by atoms with Crippen LogP contribution < -0.4 is 61.2 Å². The molecule has 88 heavy (non-hydrogen) atoms. The van der Waals surface area contributed by atoms with Crippen LogP contribution >= 0.6 is 9.90 Å². The molecule has 447 valence electrons. The largest absolute Gasteiger partial charge is 1.00 e. The van der Waals surface area contributed by atoms with Crippen LogP contribution in [0.5, 0.6) is 0 Å². The van der Waals surface area contributed by atoms with Gasteiger partial charge in [0, 0.05) is 92.9 Å². The van der Waals surface area contributed by atoms with E-state index in [4.69, 9.17) is 10.2 Å². The molecule has 0 amide bonds. The first-order valence-electron chi connectivity index (χ1n) is 28.9. The van der Waals surface area contributed by atoms with E-state index in [0.717, 1.165) is 42.0 Å². The number of nitrogens with zero attached hydrogens (tertiary/aromatic N) is 5. The van der Waals surface area contributed by atoms with Gasteiger partial charge in [0.2, 0.25) is 0 Å². The molecule has 2 N–H and O–H groups in total. The minimum atomic E-state index is -1.08. The molecular weight excluding hydrogens is 1170 g/mol. The van der Waals surface area contributed by atoms with Crippen molar-refractivity contribution in [2.75, 3.05) is 9.80 Å². The van der Waals surface area contributed by atoms with Crippen LogP contribution in [0, 0.1) is 13.8 Å². The van der Waals surface area contributed by atoms with E-state index in [1.807, 2.05) is 0 Å². The number of anilines is 6. The molecule has 0 aliphatic rings. The fraction of sp³-hybridized carbons (Fsp3) is 0.211. The predicted octanol–water partition coefficient (Wildman–Crippen LogP) is 18.5. The Hall–Kier alpha value is -6.95. The van der Waals surface area contributed by atoms with Crippen molar-refractivity contribution in [1.82, 2.24) is 14.5 Å². The van der Waals surface area contributed by atoms with E-state index >= 15 is 0 Å². The van der Waals surface area contributed by atoms with Crippen molar-refractivity contribution in [3.8, 4) is 22.5 Å². The van der Waals surface area contributed by atoms with Gasteiger partial charge in [-0.3, -0.25) is 9.97 Å². The summed E-state index contributed by atoms with van der Waals surface area (Å²) in [6.07, 6.45) is 11.0. The third-order valence-corrected chi connectivity index (χ3v) is 15.1. The van der Waals surface area contributed by atoms with E-state index in [0.29, 0.717) is 17.4 Å². The first kappa shape index (κ1) is 73.5. The van der Waals surface area contributed by atoms with Gasteiger partial charge in [0.05, 0.1) is 22.5 Å². The SMILES string of the molecule is C.C.CCC(C)n1c2ccccc2c2ccccc21.CCCCc1ccc(N(c2ccc(C)cc2)c2ccc(-c3ccc(N(c4ccc(C)cc4)c4ccc(CCCC)cc4)cc3)cc2)cc1.O=C(O)c1ccnc(-c2cc(C(=O)O)ccn2)c1.[K+].[PH2-].[V]. The van der Waals surface area contributed by atoms with Gasteiger partial charge >= 0.3 is 63.3 Å². The number of hydrogen-bond acceptors (Lipinski definition) is 6. The topological polar surface area (TPSA) is 112 Å². The van der Waals surface area contributed by atoms with Crippen molar-refractivity contribution in [2.45, 2.75) is 107 Å². The Morgan fingerprint density at radius 1 is 0.466 bits per heavy atom. The summed E-state index contributed by atoms with van der Waals surface area (Å²) in [5.74, 6) is -2.15. The van der Waals surface area contributed by atoms with Crippen LogP contribution in [0.3, 0.4) is 0 Å². The fourth-order valence-electron chi connectivity index (χ4n) is 10.3. The number of hydrogen-bond donors (Lipinski definition) is 2. The maximum Gasteiger partial charge on any atom is 1.00 e. The van der Waals surface area contributed by atoms with Gasteiger partial charge in [-0.25, -0.2) is 9.59 Å². The molecule has 0 aliphatic heterocycles. The molecular formula is C76H83KN5O4PV. The summed E-state index contributed by atoms with van der Waals surface area (Å²) in [6.45, 7) is 13.3. The standard InChI is InChI=1S/C46H48N2.C16H17N.C12H8N2O4.2CH4.K.H2P.V/c1-5-7-9-37-15-27-43(28-16-37)47(41-23-11-35(3)12-24-41)45-31-19-39(20-32-45)40-21-33-46(34-22-40)48(42-25-13-36(4)14-26-42)44-29-17-38(18-30-44)10-8-6-2;1-3-12(2)17-15-10-6-4-8-13(15)14-9-5-7-11-16(14)17;15-11(16)7-1-3-13-9(5-7)10-6-8(12(17)18)2-4-14-10;;;;;/h11-34H,5-10H2,1-4H3;4-12H,3H2,1-2H3;1-6H,(H,15,16)(H,17,18);2*1H4;;1H2;/q;;;;;+1;-1;. The van der Waals surface area contributed by atoms with Gasteiger partial charge in [0.25, 0.3) is 0 Å². The average Bonchev–Trinajstić information content (AvgIpc) is 2.68. The number of benzene rings is 8. The van der Waals surface area contributed by atoms with E-state index in [9.17, 15) is 9.59 Å². The van der Waals surface area contributed by atoms with Crippen molar-refractivity contribution in [3.05, 3.63) is 264 Å². The summed E-state index contributed by atoms with van der Waals surface area (Å²) < 4.78 is 2.46. The number of aromatic carboxylic acids is 2. The number of pyridine rings is 2. The van der Waals surface area contributed by atoms with E-state index in [1.165, 1.54) is 129 Å². The number of aryl methyl sites for hydroxylation is 4. The van der Waals surface area contributed by atoms with Gasteiger partial charge in [-0.05, 0) is 184 Å². The first-order chi connectivity index (χ1) is 40.4. The van der Waals surface area contributed by atoms with Gasteiger partial charge in [0.15, 0.2) is 0 Å². The molecule has 12 heteroatoms. The van der Waals surface area contributed by atoms with Gasteiger partial charge in [0.1, 0.15) is 0 Å². The molecule has 0 bridgehead atoms. The second-order valence-electron chi connectivity index (χ2n) is 21.1. The number of carboxylic acid groups (broad SMARTS) is 2. The summed E-state index contributed by atoms with van der Waals surface area (Å²) in [5.41, 5.74) is 18.2. The number of carbonyl (C=O) groups is 2. The molecule has 0 saturated heterocycles. The second kappa shape index (κ2) is 35.9. The van der Waals surface area contributed by atoms with Crippen LogP contribution in [-0.4, -0.2) is 36.7 Å². The molecule has 8 aromatic carbocycles. The van der Waals surface area contributed by atoms with E-state index < -0.39 is 11.9 Å². The predicted molar refractivity (Wildman–Crippen MR) is 367 cm³/mol. The zero-order chi connectivity index (χ0) is 58.2. The van der Waals surface area contributed by atoms with Crippen LogP contribution in [-0.2, 0) is 31.4 Å². The minimum Gasteiger partial charge on any atom is -0.577 e. The van der Waals surface area contributed by atoms with Crippen molar-refractivity contribution < 1.29 is 89.7 Å². The quantitative estimate of drug-likeness (QED) is 0.0645. The van der Waals surface area contributed by atoms with Crippen LogP contribution in [0.1, 0.15) is 124 Å². The van der Waals surface area contributed by atoms with Crippen LogP contribution in [0.15, 0.2) is 231 Å². The molecule has 11 aromatic rings. The molecule has 9 nitrogen and oxygen atoms in total. The Morgan fingerprint density at radius 3 is 1.08 bits per heavy atom. The average molecular weight is 1250 g/mol. The van der Waals surface area contributed by atoms with Gasteiger partial charge in [-0.2, -0.15) is 0 Å². The molecule has 0 spiro atoms. The Labute approximate surface area is 580 Å². The summed E-state index contributed by atoms with van der Waals surface area (Å²) in [6, 6.07) is 77.0. The minimum absolute atomic E-state index is 0. The van der Waals surface area contributed by atoms with E-state index in [-0.39, 0.29) is 106 Å². The Kier molecular flexibility index (Phi) is 30.0.